The summed E-state index contributed by atoms with van der Waals surface area (Å²) in [6.45, 7) is 2.99. The molecule has 172 valence electrons. The van der Waals surface area contributed by atoms with E-state index in [4.69, 9.17) is 0 Å². The third-order valence-corrected chi connectivity index (χ3v) is 5.90. The Balaban J connectivity index is 1.46. The second-order valence-electron chi connectivity index (χ2n) is 8.12. The van der Waals surface area contributed by atoms with E-state index in [-0.39, 0.29) is 24.9 Å². The minimum absolute atomic E-state index is 0.0832. The number of aryl methyl sites for hydroxylation is 1. The van der Waals surface area contributed by atoms with Crippen molar-refractivity contribution >= 4 is 11.8 Å². The van der Waals surface area contributed by atoms with Crippen LogP contribution in [0.3, 0.4) is 0 Å². The standard InChI is InChI=1S/C25H24F3N3O2/c1-17-6-2-3-9-20(17)24-21-10-5-11-30(21)12-13-31(24)23(33)15-22(32)29-16-18-7-4-8-19(14-18)25(26,27)28/h2-11,14,24H,12-13,15-16H2,1H3,(H,29,32). The lowest BCUT2D eigenvalue weighted by Gasteiger charge is -2.38. The Morgan fingerprint density at radius 3 is 2.58 bits per heavy atom. The smallest absolute Gasteiger partial charge is 0.352 e. The molecule has 2 aromatic carbocycles. The molecule has 1 N–H and O–H groups in total. The number of carbonyl (C=O) groups excluding carboxylic acids is 2. The van der Waals surface area contributed by atoms with Crippen molar-refractivity contribution in [1.29, 1.82) is 0 Å². The molecule has 0 spiro atoms. The van der Waals surface area contributed by atoms with Gasteiger partial charge in [-0.05, 0) is 47.9 Å². The van der Waals surface area contributed by atoms with Gasteiger partial charge >= 0.3 is 6.18 Å². The maximum atomic E-state index is 13.1. The lowest BCUT2D eigenvalue weighted by Crippen LogP contribution is -2.44. The average molecular weight is 455 g/mol. The normalized spacial score (nSPS) is 15.8. The molecule has 4 rings (SSSR count). The minimum atomic E-state index is -4.45. The third-order valence-electron chi connectivity index (χ3n) is 5.90. The molecule has 1 aromatic heterocycles. The van der Waals surface area contributed by atoms with Crippen LogP contribution >= 0.6 is 0 Å². The van der Waals surface area contributed by atoms with E-state index in [1.54, 1.807) is 4.90 Å². The first-order valence-electron chi connectivity index (χ1n) is 10.7. The molecule has 33 heavy (non-hydrogen) atoms. The van der Waals surface area contributed by atoms with Crippen molar-refractivity contribution in [2.24, 2.45) is 0 Å². The molecule has 0 saturated carbocycles. The Labute approximate surface area is 189 Å². The molecule has 1 aliphatic rings. The Morgan fingerprint density at radius 1 is 1.03 bits per heavy atom. The summed E-state index contributed by atoms with van der Waals surface area (Å²) in [6.07, 6.45) is -2.85. The number of aromatic nitrogens is 1. The van der Waals surface area contributed by atoms with Crippen molar-refractivity contribution in [3.05, 3.63) is 94.8 Å². The lowest BCUT2D eigenvalue weighted by atomic mass is 9.95. The molecule has 1 aliphatic heterocycles. The van der Waals surface area contributed by atoms with E-state index < -0.39 is 17.6 Å². The van der Waals surface area contributed by atoms with Gasteiger partial charge in [-0.1, -0.05) is 36.4 Å². The summed E-state index contributed by atoms with van der Waals surface area (Å²) in [7, 11) is 0. The number of rotatable bonds is 5. The van der Waals surface area contributed by atoms with Crippen molar-refractivity contribution in [1.82, 2.24) is 14.8 Å². The first-order valence-corrected chi connectivity index (χ1v) is 10.7. The van der Waals surface area contributed by atoms with Gasteiger partial charge in [0.15, 0.2) is 0 Å². The minimum Gasteiger partial charge on any atom is -0.352 e. The van der Waals surface area contributed by atoms with E-state index >= 15 is 0 Å². The zero-order valence-electron chi connectivity index (χ0n) is 18.1. The predicted octanol–water partition coefficient (Wildman–Crippen LogP) is 4.45. The van der Waals surface area contributed by atoms with Crippen LogP contribution in [0.15, 0.2) is 66.9 Å². The summed E-state index contributed by atoms with van der Waals surface area (Å²) in [4.78, 5) is 27.3. The maximum Gasteiger partial charge on any atom is 0.416 e. The zero-order chi connectivity index (χ0) is 23.6. The van der Waals surface area contributed by atoms with E-state index in [0.29, 0.717) is 18.7 Å². The van der Waals surface area contributed by atoms with Crippen LogP contribution < -0.4 is 5.32 Å². The van der Waals surface area contributed by atoms with Gasteiger partial charge < -0.3 is 14.8 Å². The fourth-order valence-corrected chi connectivity index (χ4v) is 4.23. The number of benzene rings is 2. The largest absolute Gasteiger partial charge is 0.416 e. The quantitative estimate of drug-likeness (QED) is 0.578. The van der Waals surface area contributed by atoms with Crippen LogP contribution in [-0.4, -0.2) is 27.8 Å². The Hall–Kier alpha value is -3.55. The van der Waals surface area contributed by atoms with Crippen LogP contribution in [0.25, 0.3) is 0 Å². The highest BCUT2D eigenvalue weighted by Crippen LogP contribution is 2.34. The Morgan fingerprint density at radius 2 is 1.82 bits per heavy atom. The highest BCUT2D eigenvalue weighted by Gasteiger charge is 2.33. The summed E-state index contributed by atoms with van der Waals surface area (Å²) in [5.41, 5.74) is 2.56. The first kappa shape index (κ1) is 22.6. The molecule has 1 unspecified atom stereocenters. The molecular formula is C25H24F3N3O2. The molecule has 1 atom stereocenters. The molecule has 8 heteroatoms. The van der Waals surface area contributed by atoms with E-state index in [1.165, 1.54) is 12.1 Å². The average Bonchev–Trinajstić information content (AvgIpc) is 3.26. The van der Waals surface area contributed by atoms with Crippen molar-refractivity contribution < 1.29 is 22.8 Å². The van der Waals surface area contributed by atoms with Gasteiger partial charge in [-0.25, -0.2) is 0 Å². The molecule has 2 amide bonds. The third kappa shape index (κ3) is 4.94. The number of nitrogens with one attached hydrogen (secondary N) is 1. The molecule has 0 fully saturated rings. The van der Waals surface area contributed by atoms with E-state index in [9.17, 15) is 22.8 Å². The molecule has 2 heterocycles. The zero-order valence-corrected chi connectivity index (χ0v) is 18.1. The van der Waals surface area contributed by atoms with E-state index in [2.05, 4.69) is 9.88 Å². The fraction of sp³-hybridized carbons (Fsp3) is 0.280. The first-order chi connectivity index (χ1) is 15.7. The highest BCUT2D eigenvalue weighted by molar-refractivity contribution is 5.97. The van der Waals surface area contributed by atoms with Crippen molar-refractivity contribution in [2.45, 2.75) is 38.7 Å². The number of hydrogen-bond donors (Lipinski definition) is 1. The summed E-state index contributed by atoms with van der Waals surface area (Å²) in [5.74, 6) is -0.848. The number of fused-ring (bicyclic) bond motifs is 1. The van der Waals surface area contributed by atoms with Crippen molar-refractivity contribution in [2.75, 3.05) is 6.54 Å². The second kappa shape index (κ2) is 9.13. The maximum absolute atomic E-state index is 13.1. The number of alkyl halides is 3. The number of hydrogen-bond acceptors (Lipinski definition) is 2. The van der Waals surface area contributed by atoms with Gasteiger partial charge in [-0.2, -0.15) is 13.2 Å². The van der Waals surface area contributed by atoms with Crippen LogP contribution in [0, 0.1) is 6.92 Å². The molecule has 0 saturated heterocycles. The molecule has 3 aromatic rings. The summed E-state index contributed by atoms with van der Waals surface area (Å²) >= 11 is 0. The molecule has 0 bridgehead atoms. The van der Waals surface area contributed by atoms with Crippen LogP contribution in [0.4, 0.5) is 13.2 Å². The molecule has 0 aliphatic carbocycles. The van der Waals surface area contributed by atoms with Gasteiger partial charge in [0, 0.05) is 31.5 Å². The molecule has 0 radical (unpaired) electrons. The fourth-order valence-electron chi connectivity index (χ4n) is 4.23. The summed E-state index contributed by atoms with van der Waals surface area (Å²) < 4.78 is 40.8. The highest BCUT2D eigenvalue weighted by atomic mass is 19.4. The van der Waals surface area contributed by atoms with Crippen molar-refractivity contribution in [3.8, 4) is 0 Å². The van der Waals surface area contributed by atoms with Crippen LogP contribution in [0.2, 0.25) is 0 Å². The number of carbonyl (C=O) groups is 2. The topological polar surface area (TPSA) is 54.3 Å². The summed E-state index contributed by atoms with van der Waals surface area (Å²) in [5, 5.41) is 2.57. The van der Waals surface area contributed by atoms with Gasteiger partial charge in [0.2, 0.25) is 11.8 Å². The number of nitrogens with zero attached hydrogens (tertiary/aromatic N) is 2. The van der Waals surface area contributed by atoms with Gasteiger partial charge in [-0.15, -0.1) is 0 Å². The van der Waals surface area contributed by atoms with E-state index in [1.807, 2.05) is 49.5 Å². The second-order valence-corrected chi connectivity index (χ2v) is 8.12. The molecular weight excluding hydrogens is 431 g/mol. The number of halogens is 3. The Kier molecular flexibility index (Phi) is 6.26. The SMILES string of the molecule is Cc1ccccc1C1c2cccn2CCN1C(=O)CC(=O)NCc1cccc(C(F)(F)F)c1. The predicted molar refractivity (Wildman–Crippen MR) is 117 cm³/mol. The van der Waals surface area contributed by atoms with Crippen LogP contribution in [-0.2, 0) is 28.9 Å². The van der Waals surface area contributed by atoms with Crippen LogP contribution in [0.5, 0.6) is 0 Å². The number of amides is 2. The van der Waals surface area contributed by atoms with Gasteiger partial charge in [0.05, 0.1) is 11.6 Å². The lowest BCUT2D eigenvalue weighted by molar-refractivity contribution is -0.138. The molecule has 5 nitrogen and oxygen atoms in total. The van der Waals surface area contributed by atoms with Crippen molar-refractivity contribution in [3.63, 3.8) is 0 Å². The van der Waals surface area contributed by atoms with Gasteiger partial charge in [-0.3, -0.25) is 9.59 Å². The van der Waals surface area contributed by atoms with Crippen LogP contribution in [0.1, 0.15) is 40.4 Å². The Bertz CT molecular complexity index is 1170. The van der Waals surface area contributed by atoms with Gasteiger partial charge in [0.25, 0.3) is 0 Å². The van der Waals surface area contributed by atoms with E-state index in [0.717, 1.165) is 29.0 Å². The monoisotopic (exact) mass is 455 g/mol. The van der Waals surface area contributed by atoms with Gasteiger partial charge in [0.1, 0.15) is 6.42 Å². The summed E-state index contributed by atoms with van der Waals surface area (Å²) in [6, 6.07) is 16.2.